The summed E-state index contributed by atoms with van der Waals surface area (Å²) in [6.45, 7) is 4.44. The molecule has 1 atom stereocenters. The first kappa shape index (κ1) is 20.8. The fourth-order valence-electron chi connectivity index (χ4n) is 3.90. The normalized spacial score (nSPS) is 15.5. The highest BCUT2D eigenvalue weighted by atomic mass is 16.3. The van der Waals surface area contributed by atoms with Gasteiger partial charge in [-0.25, -0.2) is 4.98 Å². The summed E-state index contributed by atoms with van der Waals surface area (Å²) in [6, 6.07) is 11.9. The molecule has 0 saturated carbocycles. The number of fused-ring (bicyclic) bond motifs is 1. The van der Waals surface area contributed by atoms with E-state index in [1.807, 2.05) is 68.7 Å². The van der Waals surface area contributed by atoms with Gasteiger partial charge in [-0.3, -0.25) is 15.0 Å². The number of nitrogens with one attached hydrogen (secondary N) is 1. The van der Waals surface area contributed by atoms with E-state index in [4.69, 9.17) is 0 Å². The number of aromatic nitrogens is 4. The first-order chi connectivity index (χ1) is 16.1. The first-order valence-electron chi connectivity index (χ1n) is 10.8. The van der Waals surface area contributed by atoms with E-state index in [0.29, 0.717) is 6.54 Å². The van der Waals surface area contributed by atoms with Crippen molar-refractivity contribution in [1.29, 1.82) is 0 Å². The van der Waals surface area contributed by atoms with Gasteiger partial charge >= 0.3 is 0 Å². The van der Waals surface area contributed by atoms with Crippen molar-refractivity contribution in [3.05, 3.63) is 96.5 Å². The van der Waals surface area contributed by atoms with Crippen molar-refractivity contribution in [1.82, 2.24) is 19.9 Å². The predicted molar refractivity (Wildman–Crippen MR) is 131 cm³/mol. The Labute approximate surface area is 192 Å². The van der Waals surface area contributed by atoms with Crippen molar-refractivity contribution < 1.29 is 5.11 Å². The van der Waals surface area contributed by atoms with Gasteiger partial charge < -0.3 is 15.3 Å². The van der Waals surface area contributed by atoms with Gasteiger partial charge in [0.05, 0.1) is 5.69 Å². The van der Waals surface area contributed by atoms with E-state index in [1.165, 1.54) is 0 Å². The molecule has 0 radical (unpaired) electrons. The van der Waals surface area contributed by atoms with Crippen molar-refractivity contribution in [2.75, 3.05) is 16.8 Å². The van der Waals surface area contributed by atoms with Crippen LogP contribution in [-0.2, 0) is 0 Å². The Morgan fingerprint density at radius 3 is 2.52 bits per heavy atom. The Hall–Kier alpha value is -4.10. The average Bonchev–Trinajstić information content (AvgIpc) is 2.82. The van der Waals surface area contributed by atoms with Crippen LogP contribution >= 0.6 is 0 Å². The number of aliphatic hydroxyl groups is 1. The fraction of sp³-hybridized carbons (Fsp3) is 0.154. The minimum atomic E-state index is -0.748. The van der Waals surface area contributed by atoms with Crippen LogP contribution in [-0.4, -0.2) is 37.8 Å². The van der Waals surface area contributed by atoms with E-state index < -0.39 is 6.23 Å². The summed E-state index contributed by atoms with van der Waals surface area (Å²) in [6.07, 6.45) is 12.1. The Kier molecular flexibility index (Phi) is 5.54. The van der Waals surface area contributed by atoms with Crippen LogP contribution in [0.15, 0.2) is 85.1 Å². The SMILES string of the molecule is Cc1cc(-c2cc3ccnc(NCC4=CC(O)N(c5ccnc(C)c5)C=C4)c3cn2)ccn1. The van der Waals surface area contributed by atoms with Crippen molar-refractivity contribution >= 4 is 22.3 Å². The van der Waals surface area contributed by atoms with Crippen LogP contribution in [0.4, 0.5) is 11.5 Å². The molecule has 5 rings (SSSR count). The first-order valence-corrected chi connectivity index (χ1v) is 10.8. The molecule has 5 heterocycles. The van der Waals surface area contributed by atoms with Gasteiger partial charge in [-0.15, -0.1) is 0 Å². The molecule has 4 aromatic rings. The van der Waals surface area contributed by atoms with Crippen LogP contribution < -0.4 is 10.2 Å². The summed E-state index contributed by atoms with van der Waals surface area (Å²) in [7, 11) is 0. The van der Waals surface area contributed by atoms with E-state index in [9.17, 15) is 5.11 Å². The molecule has 1 aliphatic heterocycles. The zero-order chi connectivity index (χ0) is 22.8. The third-order valence-corrected chi connectivity index (χ3v) is 5.58. The van der Waals surface area contributed by atoms with Crippen molar-refractivity contribution in [2.45, 2.75) is 20.1 Å². The van der Waals surface area contributed by atoms with E-state index in [-0.39, 0.29) is 0 Å². The van der Waals surface area contributed by atoms with Gasteiger partial charge in [0.2, 0.25) is 0 Å². The Morgan fingerprint density at radius 2 is 1.73 bits per heavy atom. The predicted octanol–water partition coefficient (Wildman–Crippen LogP) is 4.39. The lowest BCUT2D eigenvalue weighted by Gasteiger charge is -2.28. The zero-order valence-corrected chi connectivity index (χ0v) is 18.5. The molecule has 7 nitrogen and oxygen atoms in total. The second-order valence-electron chi connectivity index (χ2n) is 8.02. The Balaban J connectivity index is 1.33. The largest absolute Gasteiger partial charge is 0.370 e. The Bertz CT molecular complexity index is 1380. The van der Waals surface area contributed by atoms with Crippen LogP contribution in [0.1, 0.15) is 11.4 Å². The van der Waals surface area contributed by atoms with Gasteiger partial charge in [-0.1, -0.05) is 0 Å². The summed E-state index contributed by atoms with van der Waals surface area (Å²) in [5.74, 6) is 0.758. The monoisotopic (exact) mass is 436 g/mol. The molecular weight excluding hydrogens is 412 g/mol. The summed E-state index contributed by atoms with van der Waals surface area (Å²) < 4.78 is 0. The lowest BCUT2D eigenvalue weighted by molar-refractivity contribution is 0.226. The van der Waals surface area contributed by atoms with Crippen molar-refractivity contribution in [3.63, 3.8) is 0 Å². The number of rotatable bonds is 5. The second-order valence-corrected chi connectivity index (χ2v) is 8.02. The van der Waals surface area contributed by atoms with E-state index in [2.05, 4.69) is 31.3 Å². The van der Waals surface area contributed by atoms with Gasteiger partial charge in [-0.2, -0.15) is 0 Å². The number of nitrogens with zero attached hydrogens (tertiary/aromatic N) is 5. The fourth-order valence-corrected chi connectivity index (χ4v) is 3.90. The molecule has 164 valence electrons. The smallest absolute Gasteiger partial charge is 0.150 e. The van der Waals surface area contributed by atoms with Gasteiger partial charge in [0, 0.05) is 65.6 Å². The number of hydrogen-bond donors (Lipinski definition) is 2. The molecule has 1 aliphatic rings. The highest BCUT2D eigenvalue weighted by Gasteiger charge is 2.17. The van der Waals surface area contributed by atoms with Crippen LogP contribution in [0.25, 0.3) is 22.0 Å². The molecule has 33 heavy (non-hydrogen) atoms. The van der Waals surface area contributed by atoms with Crippen LogP contribution in [0, 0.1) is 13.8 Å². The molecule has 7 heteroatoms. The van der Waals surface area contributed by atoms with Gasteiger partial charge in [0.25, 0.3) is 0 Å². The van der Waals surface area contributed by atoms with E-state index in [0.717, 1.165) is 50.5 Å². The topological polar surface area (TPSA) is 87.1 Å². The molecule has 0 spiro atoms. The molecule has 0 saturated heterocycles. The van der Waals surface area contributed by atoms with E-state index in [1.54, 1.807) is 23.5 Å². The highest BCUT2D eigenvalue weighted by Crippen LogP contribution is 2.26. The van der Waals surface area contributed by atoms with Crippen molar-refractivity contribution in [3.8, 4) is 11.3 Å². The number of aryl methyl sites for hydroxylation is 2. The minimum Gasteiger partial charge on any atom is -0.370 e. The molecule has 0 amide bonds. The Morgan fingerprint density at radius 1 is 0.939 bits per heavy atom. The molecule has 0 aromatic carbocycles. The number of aliphatic hydroxyl groups excluding tert-OH is 1. The maximum Gasteiger partial charge on any atom is 0.150 e. The summed E-state index contributed by atoms with van der Waals surface area (Å²) in [5.41, 5.74) is 5.67. The molecular formula is C26H24N6O. The third-order valence-electron chi connectivity index (χ3n) is 5.58. The standard InChI is InChI=1S/C26H24N6O/c1-17-11-21(4-7-27-17)24-14-20-3-8-29-26(23(20)16-30-24)31-15-19-6-10-32(25(33)13-19)22-5-9-28-18(2)12-22/h3-14,16,25,33H,15H2,1-2H3,(H,29,31). The lowest BCUT2D eigenvalue weighted by atomic mass is 10.1. The third kappa shape index (κ3) is 4.44. The summed E-state index contributed by atoms with van der Waals surface area (Å²) in [4.78, 5) is 19.4. The van der Waals surface area contributed by atoms with Crippen LogP contribution in [0.2, 0.25) is 0 Å². The maximum absolute atomic E-state index is 10.6. The maximum atomic E-state index is 10.6. The van der Waals surface area contributed by atoms with Crippen molar-refractivity contribution in [2.24, 2.45) is 0 Å². The summed E-state index contributed by atoms with van der Waals surface area (Å²) >= 11 is 0. The quantitative estimate of drug-likeness (QED) is 0.480. The molecule has 2 N–H and O–H groups in total. The molecule has 1 unspecified atom stereocenters. The number of hydrogen-bond acceptors (Lipinski definition) is 7. The molecule has 4 aromatic heterocycles. The van der Waals surface area contributed by atoms with Gasteiger partial charge in [-0.05, 0) is 73.4 Å². The minimum absolute atomic E-state index is 0.536. The van der Waals surface area contributed by atoms with Crippen LogP contribution in [0.5, 0.6) is 0 Å². The zero-order valence-electron chi connectivity index (χ0n) is 18.5. The van der Waals surface area contributed by atoms with E-state index >= 15 is 0 Å². The molecule has 0 aliphatic carbocycles. The summed E-state index contributed by atoms with van der Waals surface area (Å²) in [5, 5.41) is 16.0. The van der Waals surface area contributed by atoms with Gasteiger partial charge in [0.1, 0.15) is 5.82 Å². The molecule has 0 bridgehead atoms. The number of pyridine rings is 4. The number of anilines is 2. The van der Waals surface area contributed by atoms with Gasteiger partial charge in [0.15, 0.2) is 6.23 Å². The average molecular weight is 437 g/mol. The lowest BCUT2D eigenvalue weighted by Crippen LogP contribution is -2.31. The second kappa shape index (κ2) is 8.80. The molecule has 0 fully saturated rings. The highest BCUT2D eigenvalue weighted by molar-refractivity contribution is 5.93. The van der Waals surface area contributed by atoms with Crippen LogP contribution in [0.3, 0.4) is 0 Å².